The summed E-state index contributed by atoms with van der Waals surface area (Å²) in [6.07, 6.45) is 1.22. The van der Waals surface area contributed by atoms with Crippen molar-refractivity contribution in [2.75, 3.05) is 13.1 Å². The first kappa shape index (κ1) is 11.2. The maximum atomic E-state index is 13.0. The number of halogens is 3. The van der Waals surface area contributed by atoms with Gasteiger partial charge in [-0.15, -0.1) is 12.4 Å². The van der Waals surface area contributed by atoms with E-state index in [1.54, 1.807) is 6.07 Å². The summed E-state index contributed by atoms with van der Waals surface area (Å²) in [5.41, 5.74) is 1.47. The van der Waals surface area contributed by atoms with Gasteiger partial charge >= 0.3 is 0 Å². The molecule has 1 heterocycles. The highest BCUT2D eigenvalue weighted by Crippen LogP contribution is 2.56. The molecule has 0 spiro atoms. The van der Waals surface area contributed by atoms with Crippen LogP contribution in [0.3, 0.4) is 0 Å². The normalized spacial score (nSPS) is 32.0. The van der Waals surface area contributed by atoms with Crippen molar-refractivity contribution >= 4 is 24.0 Å². The summed E-state index contributed by atoms with van der Waals surface area (Å²) in [6, 6.07) is 5.12. The minimum atomic E-state index is -0.324. The molecule has 1 N–H and O–H groups in total. The molecule has 0 radical (unpaired) electrons. The van der Waals surface area contributed by atoms with Gasteiger partial charge in [-0.05, 0) is 36.6 Å². The summed E-state index contributed by atoms with van der Waals surface area (Å²) in [7, 11) is 0. The predicted molar refractivity (Wildman–Crippen MR) is 61.3 cm³/mol. The van der Waals surface area contributed by atoms with Crippen LogP contribution in [0.1, 0.15) is 12.0 Å². The van der Waals surface area contributed by atoms with Crippen molar-refractivity contribution in [2.45, 2.75) is 11.8 Å². The molecule has 82 valence electrons. The van der Waals surface area contributed by atoms with Gasteiger partial charge < -0.3 is 5.32 Å². The van der Waals surface area contributed by atoms with Crippen molar-refractivity contribution in [1.29, 1.82) is 0 Å². The number of piperidine rings is 1. The number of hydrogen-bond acceptors (Lipinski definition) is 1. The van der Waals surface area contributed by atoms with E-state index < -0.39 is 0 Å². The van der Waals surface area contributed by atoms with Crippen LogP contribution in [0.15, 0.2) is 18.2 Å². The number of rotatable bonds is 1. The zero-order chi connectivity index (χ0) is 9.76. The van der Waals surface area contributed by atoms with Gasteiger partial charge in [0.1, 0.15) is 5.82 Å². The molecule has 1 aromatic carbocycles. The van der Waals surface area contributed by atoms with Gasteiger partial charge in [-0.3, -0.25) is 0 Å². The van der Waals surface area contributed by atoms with E-state index in [4.69, 9.17) is 11.6 Å². The third-order valence-corrected chi connectivity index (χ3v) is 3.85. The Morgan fingerprint density at radius 3 is 2.80 bits per heavy atom. The molecule has 4 heteroatoms. The van der Waals surface area contributed by atoms with Gasteiger partial charge in [0.25, 0.3) is 0 Å². The molecule has 2 aliphatic rings. The molecule has 0 unspecified atom stereocenters. The van der Waals surface area contributed by atoms with Gasteiger partial charge in [-0.1, -0.05) is 17.7 Å². The van der Waals surface area contributed by atoms with E-state index in [9.17, 15) is 4.39 Å². The third kappa shape index (κ3) is 1.55. The molecule has 1 aromatic rings. The van der Waals surface area contributed by atoms with Crippen LogP contribution in [0.2, 0.25) is 5.02 Å². The highest BCUT2D eigenvalue weighted by atomic mass is 35.5. The second kappa shape index (κ2) is 3.62. The van der Waals surface area contributed by atoms with Crippen LogP contribution in [-0.2, 0) is 5.41 Å². The Morgan fingerprint density at radius 1 is 1.47 bits per heavy atom. The quantitative estimate of drug-likeness (QED) is 0.805. The molecular formula is C11H12Cl2FN. The van der Waals surface area contributed by atoms with Gasteiger partial charge in [0.05, 0.1) is 5.02 Å². The topological polar surface area (TPSA) is 12.0 Å². The Bertz CT molecular complexity index is 396. The average Bonchev–Trinajstić information content (AvgIpc) is 2.75. The highest BCUT2D eigenvalue weighted by molar-refractivity contribution is 6.30. The van der Waals surface area contributed by atoms with E-state index in [2.05, 4.69) is 5.32 Å². The van der Waals surface area contributed by atoms with E-state index in [1.165, 1.54) is 18.1 Å². The first-order chi connectivity index (χ1) is 6.72. The highest BCUT2D eigenvalue weighted by Gasteiger charge is 2.58. The lowest BCUT2D eigenvalue weighted by molar-refractivity contribution is 0.622. The molecule has 2 fully saturated rings. The Hall–Kier alpha value is -0.310. The van der Waals surface area contributed by atoms with Gasteiger partial charge in [0, 0.05) is 12.0 Å². The standard InChI is InChI=1S/C11H11ClFN.ClH/c12-9-3-7(1-2-10(9)13)11-4-8(11)5-14-6-11;/h1-3,8,14H,4-6H2;1H/t8-,11+;/m0./s1. The summed E-state index contributed by atoms with van der Waals surface area (Å²) >= 11 is 5.78. The monoisotopic (exact) mass is 247 g/mol. The SMILES string of the molecule is Cl.Fc1ccc([C@@]23CNC[C@@H]2C3)cc1Cl. The molecular weight excluding hydrogens is 236 g/mol. The number of fused-ring (bicyclic) bond motifs is 1. The van der Waals surface area contributed by atoms with E-state index in [1.807, 2.05) is 6.07 Å². The van der Waals surface area contributed by atoms with E-state index in [0.29, 0.717) is 0 Å². The first-order valence-electron chi connectivity index (χ1n) is 4.89. The van der Waals surface area contributed by atoms with Crippen LogP contribution in [-0.4, -0.2) is 13.1 Å². The fraction of sp³-hybridized carbons (Fsp3) is 0.455. The molecule has 15 heavy (non-hydrogen) atoms. The van der Waals surface area contributed by atoms with E-state index >= 15 is 0 Å². The van der Waals surface area contributed by atoms with Crippen LogP contribution in [0.5, 0.6) is 0 Å². The summed E-state index contributed by atoms with van der Waals surface area (Å²) in [4.78, 5) is 0. The van der Waals surface area contributed by atoms with Crippen molar-refractivity contribution in [3.63, 3.8) is 0 Å². The molecule has 1 saturated carbocycles. The Labute approximate surface area is 99.4 Å². The maximum absolute atomic E-state index is 13.0. The van der Waals surface area contributed by atoms with Crippen LogP contribution >= 0.6 is 24.0 Å². The van der Waals surface area contributed by atoms with E-state index in [-0.39, 0.29) is 28.7 Å². The van der Waals surface area contributed by atoms with Crippen molar-refractivity contribution in [3.8, 4) is 0 Å². The third-order valence-electron chi connectivity index (χ3n) is 3.56. The summed E-state index contributed by atoms with van der Waals surface area (Å²) in [5.74, 6) is 0.416. The molecule has 1 nitrogen and oxygen atoms in total. The largest absolute Gasteiger partial charge is 0.316 e. The van der Waals surface area contributed by atoms with Gasteiger partial charge in [0.15, 0.2) is 0 Å². The van der Waals surface area contributed by atoms with E-state index in [0.717, 1.165) is 19.0 Å². The van der Waals surface area contributed by atoms with Crippen LogP contribution < -0.4 is 5.32 Å². The number of benzene rings is 1. The smallest absolute Gasteiger partial charge is 0.141 e. The van der Waals surface area contributed by atoms with Crippen LogP contribution in [0, 0.1) is 11.7 Å². The Balaban J connectivity index is 0.000000853. The van der Waals surface area contributed by atoms with Crippen molar-refractivity contribution < 1.29 is 4.39 Å². The number of hydrogen-bond donors (Lipinski definition) is 1. The summed E-state index contributed by atoms with van der Waals surface area (Å²) in [5, 5.41) is 3.60. The average molecular weight is 248 g/mol. The lowest BCUT2D eigenvalue weighted by atomic mass is 9.95. The molecule has 1 saturated heterocycles. The summed E-state index contributed by atoms with van der Waals surface area (Å²) in [6.45, 7) is 2.11. The summed E-state index contributed by atoms with van der Waals surface area (Å²) < 4.78 is 13.0. The van der Waals surface area contributed by atoms with Crippen LogP contribution in [0.25, 0.3) is 0 Å². The van der Waals surface area contributed by atoms with Crippen molar-refractivity contribution in [1.82, 2.24) is 5.32 Å². The van der Waals surface area contributed by atoms with Gasteiger partial charge in [-0.2, -0.15) is 0 Å². The molecule has 0 aromatic heterocycles. The Morgan fingerprint density at radius 2 is 2.27 bits per heavy atom. The zero-order valence-corrected chi connectivity index (χ0v) is 9.67. The Kier molecular flexibility index (Phi) is 2.70. The van der Waals surface area contributed by atoms with Gasteiger partial charge in [-0.25, -0.2) is 4.39 Å². The predicted octanol–water partition coefficient (Wildman–Crippen LogP) is 2.76. The molecule has 1 aliphatic carbocycles. The minimum Gasteiger partial charge on any atom is -0.316 e. The molecule has 0 bridgehead atoms. The first-order valence-corrected chi connectivity index (χ1v) is 5.26. The van der Waals surface area contributed by atoms with Gasteiger partial charge in [0.2, 0.25) is 0 Å². The fourth-order valence-corrected chi connectivity index (χ4v) is 2.78. The minimum absolute atomic E-state index is 0. The lowest BCUT2D eigenvalue weighted by Gasteiger charge is -2.12. The van der Waals surface area contributed by atoms with Crippen LogP contribution in [0.4, 0.5) is 4.39 Å². The number of nitrogens with one attached hydrogen (secondary N) is 1. The van der Waals surface area contributed by atoms with Crippen molar-refractivity contribution in [3.05, 3.63) is 34.6 Å². The molecule has 0 amide bonds. The second-order valence-electron chi connectivity index (χ2n) is 4.32. The maximum Gasteiger partial charge on any atom is 0.141 e. The van der Waals surface area contributed by atoms with Crippen molar-refractivity contribution in [2.24, 2.45) is 5.92 Å². The molecule has 2 atom stereocenters. The second-order valence-corrected chi connectivity index (χ2v) is 4.72. The lowest BCUT2D eigenvalue weighted by Crippen LogP contribution is -2.19. The molecule has 3 rings (SSSR count). The molecule has 1 aliphatic heterocycles. The zero-order valence-electron chi connectivity index (χ0n) is 8.09. The fourth-order valence-electron chi connectivity index (χ4n) is 2.60.